The molecule has 0 spiro atoms. The largest absolute Gasteiger partial charge is 0.340 e. The third kappa shape index (κ3) is 3.00. The van der Waals surface area contributed by atoms with Gasteiger partial charge in [0.05, 0.1) is 18.1 Å². The summed E-state index contributed by atoms with van der Waals surface area (Å²) >= 11 is 12.0. The number of nitrogens with zero attached hydrogens (tertiary/aromatic N) is 2. The SMILES string of the molecule is Cn1cnc(C(N)Cc2cc(Cl)ccc2Cl)c1. The second-order valence-corrected chi connectivity index (χ2v) is 4.85. The van der Waals surface area contributed by atoms with Gasteiger partial charge < -0.3 is 10.3 Å². The molecule has 0 saturated heterocycles. The van der Waals surface area contributed by atoms with E-state index in [4.69, 9.17) is 28.9 Å². The summed E-state index contributed by atoms with van der Waals surface area (Å²) in [7, 11) is 1.91. The fraction of sp³-hybridized carbons (Fsp3) is 0.250. The van der Waals surface area contributed by atoms with Crippen LogP contribution in [0.25, 0.3) is 0 Å². The molecule has 2 rings (SSSR count). The van der Waals surface area contributed by atoms with Gasteiger partial charge in [0.25, 0.3) is 0 Å². The van der Waals surface area contributed by atoms with E-state index in [9.17, 15) is 0 Å². The molecule has 0 aliphatic heterocycles. The Morgan fingerprint density at radius 1 is 1.41 bits per heavy atom. The summed E-state index contributed by atoms with van der Waals surface area (Å²) in [5.41, 5.74) is 7.87. The van der Waals surface area contributed by atoms with Crippen LogP contribution in [0.2, 0.25) is 10.0 Å². The van der Waals surface area contributed by atoms with Crippen molar-refractivity contribution in [1.29, 1.82) is 0 Å². The zero-order valence-electron chi connectivity index (χ0n) is 9.40. The average Bonchev–Trinajstić information content (AvgIpc) is 2.70. The molecule has 2 N–H and O–H groups in total. The van der Waals surface area contributed by atoms with Gasteiger partial charge in [-0.2, -0.15) is 0 Å². The molecule has 2 aromatic rings. The van der Waals surface area contributed by atoms with E-state index in [1.807, 2.05) is 23.9 Å². The Labute approximate surface area is 110 Å². The Balaban J connectivity index is 2.18. The molecule has 90 valence electrons. The van der Waals surface area contributed by atoms with Crippen molar-refractivity contribution in [3.05, 3.63) is 52.0 Å². The monoisotopic (exact) mass is 269 g/mol. The predicted octanol–water partition coefficient (Wildman–Crippen LogP) is 2.97. The van der Waals surface area contributed by atoms with Crippen LogP contribution in [-0.2, 0) is 13.5 Å². The second-order valence-electron chi connectivity index (χ2n) is 4.01. The van der Waals surface area contributed by atoms with Gasteiger partial charge in [-0.05, 0) is 30.2 Å². The smallest absolute Gasteiger partial charge is 0.0947 e. The van der Waals surface area contributed by atoms with E-state index in [2.05, 4.69) is 4.98 Å². The number of hydrogen-bond donors (Lipinski definition) is 1. The highest BCUT2D eigenvalue weighted by atomic mass is 35.5. The first-order valence-electron chi connectivity index (χ1n) is 5.23. The van der Waals surface area contributed by atoms with Gasteiger partial charge in [0, 0.05) is 23.3 Å². The Hall–Kier alpha value is -1.03. The third-order valence-corrected chi connectivity index (χ3v) is 3.16. The molecule has 0 aliphatic rings. The van der Waals surface area contributed by atoms with Crippen molar-refractivity contribution in [2.75, 3.05) is 0 Å². The molecular formula is C12H13Cl2N3. The Morgan fingerprint density at radius 2 is 2.18 bits per heavy atom. The molecule has 3 nitrogen and oxygen atoms in total. The van der Waals surface area contributed by atoms with Gasteiger partial charge in [-0.15, -0.1) is 0 Å². The van der Waals surface area contributed by atoms with Crippen molar-refractivity contribution >= 4 is 23.2 Å². The fourth-order valence-electron chi connectivity index (χ4n) is 1.67. The third-order valence-electron chi connectivity index (χ3n) is 2.55. The van der Waals surface area contributed by atoms with E-state index in [0.29, 0.717) is 16.5 Å². The molecule has 0 amide bonds. The molecule has 1 aromatic carbocycles. The van der Waals surface area contributed by atoms with E-state index in [-0.39, 0.29) is 6.04 Å². The van der Waals surface area contributed by atoms with E-state index in [0.717, 1.165) is 11.3 Å². The van der Waals surface area contributed by atoms with Gasteiger partial charge in [-0.1, -0.05) is 23.2 Å². The lowest BCUT2D eigenvalue weighted by atomic mass is 10.0. The van der Waals surface area contributed by atoms with Gasteiger partial charge in [0.15, 0.2) is 0 Å². The summed E-state index contributed by atoms with van der Waals surface area (Å²) in [6.45, 7) is 0. The molecule has 0 fully saturated rings. The number of halogens is 2. The summed E-state index contributed by atoms with van der Waals surface area (Å²) in [5, 5.41) is 1.35. The molecule has 1 aromatic heterocycles. The van der Waals surface area contributed by atoms with Gasteiger partial charge in [0.2, 0.25) is 0 Å². The van der Waals surface area contributed by atoms with Crippen LogP contribution in [0.4, 0.5) is 0 Å². The Bertz CT molecular complexity index is 522. The van der Waals surface area contributed by atoms with Gasteiger partial charge in [-0.3, -0.25) is 0 Å². The number of rotatable bonds is 3. The maximum atomic E-state index is 6.09. The Kier molecular flexibility index (Phi) is 3.72. The lowest BCUT2D eigenvalue weighted by Gasteiger charge is -2.10. The van der Waals surface area contributed by atoms with E-state index in [1.165, 1.54) is 0 Å². The topological polar surface area (TPSA) is 43.8 Å². The van der Waals surface area contributed by atoms with Crippen LogP contribution in [-0.4, -0.2) is 9.55 Å². The van der Waals surface area contributed by atoms with Crippen LogP contribution in [0.15, 0.2) is 30.7 Å². The number of imidazole rings is 1. The van der Waals surface area contributed by atoms with Crippen molar-refractivity contribution in [3.8, 4) is 0 Å². The van der Waals surface area contributed by atoms with E-state index >= 15 is 0 Å². The van der Waals surface area contributed by atoms with Crippen molar-refractivity contribution < 1.29 is 0 Å². The maximum absolute atomic E-state index is 6.09. The van der Waals surface area contributed by atoms with Crippen LogP contribution in [0.3, 0.4) is 0 Å². The number of benzene rings is 1. The molecule has 1 heterocycles. The summed E-state index contributed by atoms with van der Waals surface area (Å²) in [5.74, 6) is 0. The van der Waals surface area contributed by atoms with Gasteiger partial charge in [-0.25, -0.2) is 4.98 Å². The van der Waals surface area contributed by atoms with E-state index < -0.39 is 0 Å². The molecule has 1 atom stereocenters. The first-order valence-corrected chi connectivity index (χ1v) is 5.99. The van der Waals surface area contributed by atoms with Crippen LogP contribution >= 0.6 is 23.2 Å². The first-order chi connectivity index (χ1) is 8.06. The normalized spacial score (nSPS) is 12.7. The molecular weight excluding hydrogens is 257 g/mol. The minimum absolute atomic E-state index is 0.174. The van der Waals surface area contributed by atoms with E-state index in [1.54, 1.807) is 18.5 Å². The fourth-order valence-corrected chi connectivity index (χ4v) is 2.06. The number of nitrogens with two attached hydrogens (primary N) is 1. The highest BCUT2D eigenvalue weighted by Crippen LogP contribution is 2.24. The molecule has 0 radical (unpaired) electrons. The molecule has 5 heteroatoms. The quantitative estimate of drug-likeness (QED) is 0.931. The lowest BCUT2D eigenvalue weighted by molar-refractivity contribution is 0.700. The molecule has 17 heavy (non-hydrogen) atoms. The number of aryl methyl sites for hydroxylation is 1. The molecule has 0 saturated carbocycles. The van der Waals surface area contributed by atoms with Crippen LogP contribution in [0, 0.1) is 0 Å². The first kappa shape index (κ1) is 12.4. The Morgan fingerprint density at radius 3 is 2.82 bits per heavy atom. The zero-order valence-corrected chi connectivity index (χ0v) is 10.9. The van der Waals surface area contributed by atoms with Crippen molar-refractivity contribution in [2.45, 2.75) is 12.5 Å². The minimum Gasteiger partial charge on any atom is -0.340 e. The average molecular weight is 270 g/mol. The van der Waals surface area contributed by atoms with Crippen LogP contribution < -0.4 is 5.73 Å². The van der Waals surface area contributed by atoms with Crippen molar-refractivity contribution in [2.24, 2.45) is 12.8 Å². The zero-order chi connectivity index (χ0) is 12.4. The second kappa shape index (κ2) is 5.08. The van der Waals surface area contributed by atoms with Gasteiger partial charge >= 0.3 is 0 Å². The molecule has 0 aliphatic carbocycles. The predicted molar refractivity (Wildman–Crippen MR) is 70.3 cm³/mol. The molecule has 1 unspecified atom stereocenters. The number of aromatic nitrogens is 2. The summed E-state index contributed by atoms with van der Waals surface area (Å²) in [6, 6.07) is 5.21. The van der Waals surface area contributed by atoms with Crippen LogP contribution in [0.5, 0.6) is 0 Å². The number of hydrogen-bond acceptors (Lipinski definition) is 2. The summed E-state index contributed by atoms with van der Waals surface area (Å²) in [6.07, 6.45) is 4.26. The van der Waals surface area contributed by atoms with Crippen LogP contribution in [0.1, 0.15) is 17.3 Å². The van der Waals surface area contributed by atoms with Crippen molar-refractivity contribution in [1.82, 2.24) is 9.55 Å². The summed E-state index contributed by atoms with van der Waals surface area (Å²) in [4.78, 5) is 4.23. The van der Waals surface area contributed by atoms with Gasteiger partial charge in [0.1, 0.15) is 0 Å². The highest BCUT2D eigenvalue weighted by molar-refractivity contribution is 6.33. The standard InChI is InChI=1S/C12H13Cl2N3/c1-17-6-12(16-7-17)11(15)5-8-4-9(13)2-3-10(8)14/h2-4,6-7,11H,5,15H2,1H3. The highest BCUT2D eigenvalue weighted by Gasteiger charge is 2.12. The lowest BCUT2D eigenvalue weighted by Crippen LogP contribution is -2.14. The minimum atomic E-state index is -0.174. The summed E-state index contributed by atoms with van der Waals surface area (Å²) < 4.78 is 1.87. The van der Waals surface area contributed by atoms with Crippen molar-refractivity contribution in [3.63, 3.8) is 0 Å². The molecule has 0 bridgehead atoms. The maximum Gasteiger partial charge on any atom is 0.0947 e.